The van der Waals surface area contributed by atoms with Crippen LogP contribution in [0.2, 0.25) is 0 Å². The van der Waals surface area contributed by atoms with Crippen molar-refractivity contribution in [3.63, 3.8) is 0 Å². The second kappa shape index (κ2) is 5.24. The number of rotatable bonds is 4. The highest BCUT2D eigenvalue weighted by Gasteiger charge is 2.20. The van der Waals surface area contributed by atoms with Crippen LogP contribution < -0.4 is 16.6 Å². The number of aromatic nitrogens is 4. The van der Waals surface area contributed by atoms with Gasteiger partial charge in [0, 0.05) is 20.1 Å². The number of hydrogen-bond donors (Lipinski definition) is 1. The van der Waals surface area contributed by atoms with Gasteiger partial charge in [-0.15, -0.1) is 0 Å². The minimum Gasteiger partial charge on any atom is -0.324 e. The van der Waals surface area contributed by atoms with Crippen LogP contribution in [-0.4, -0.2) is 25.7 Å². The fourth-order valence-electron chi connectivity index (χ4n) is 2.33. The average molecular weight is 279 g/mol. The molecule has 0 saturated heterocycles. The largest absolute Gasteiger partial charge is 0.332 e. The summed E-state index contributed by atoms with van der Waals surface area (Å²) in [6.45, 7) is 4.51. The zero-order chi connectivity index (χ0) is 15.0. The fourth-order valence-corrected chi connectivity index (χ4v) is 2.33. The van der Waals surface area contributed by atoms with Crippen molar-refractivity contribution in [3.8, 4) is 0 Å². The Kier molecular flexibility index (Phi) is 3.80. The minimum atomic E-state index is -0.314. The Labute approximate surface area is 116 Å². The summed E-state index contributed by atoms with van der Waals surface area (Å²) in [5.41, 5.74) is 0.325. The van der Waals surface area contributed by atoms with Gasteiger partial charge in [0.25, 0.3) is 5.56 Å². The van der Waals surface area contributed by atoms with Crippen LogP contribution in [-0.2, 0) is 20.6 Å². The van der Waals surface area contributed by atoms with Gasteiger partial charge >= 0.3 is 5.69 Å². The van der Waals surface area contributed by atoms with Gasteiger partial charge < -0.3 is 9.88 Å². The molecular weight excluding hydrogens is 258 g/mol. The minimum absolute atomic E-state index is 0.00543. The second-order valence-corrected chi connectivity index (χ2v) is 5.06. The van der Waals surface area contributed by atoms with Gasteiger partial charge in [0.15, 0.2) is 11.2 Å². The smallest absolute Gasteiger partial charge is 0.324 e. The predicted octanol–water partition coefficient (Wildman–Crippen LogP) is 0.124. The molecule has 7 nitrogen and oxygen atoms in total. The van der Waals surface area contributed by atoms with E-state index in [1.807, 2.05) is 20.9 Å². The number of fused-ring (bicyclic) bond motifs is 1. The Hall–Kier alpha value is -1.89. The first kappa shape index (κ1) is 14.5. The van der Waals surface area contributed by atoms with E-state index in [-0.39, 0.29) is 17.3 Å². The molecule has 20 heavy (non-hydrogen) atoms. The van der Waals surface area contributed by atoms with Crippen LogP contribution in [0.4, 0.5) is 0 Å². The molecule has 0 saturated carbocycles. The molecule has 0 amide bonds. The summed E-state index contributed by atoms with van der Waals surface area (Å²) in [6.07, 6.45) is 0.797. The van der Waals surface area contributed by atoms with Crippen LogP contribution in [0.3, 0.4) is 0 Å². The third-order valence-electron chi connectivity index (χ3n) is 3.76. The summed E-state index contributed by atoms with van der Waals surface area (Å²) in [5, 5.41) is 3.02. The van der Waals surface area contributed by atoms with Crippen molar-refractivity contribution in [1.82, 2.24) is 24.0 Å². The van der Waals surface area contributed by atoms with Gasteiger partial charge in [-0.3, -0.25) is 13.9 Å². The lowest BCUT2D eigenvalue weighted by molar-refractivity contribution is 0.499. The molecule has 2 aromatic heterocycles. The molecule has 1 N–H and O–H groups in total. The second-order valence-electron chi connectivity index (χ2n) is 5.06. The summed E-state index contributed by atoms with van der Waals surface area (Å²) in [7, 11) is 5.13. The molecule has 110 valence electrons. The third-order valence-corrected chi connectivity index (χ3v) is 3.76. The van der Waals surface area contributed by atoms with E-state index in [0.717, 1.165) is 16.8 Å². The van der Waals surface area contributed by atoms with Crippen molar-refractivity contribution in [2.75, 3.05) is 7.05 Å². The highest BCUT2D eigenvalue weighted by atomic mass is 16.2. The summed E-state index contributed by atoms with van der Waals surface area (Å²) < 4.78 is 4.52. The molecule has 0 bridgehead atoms. The molecule has 0 fully saturated rings. The Morgan fingerprint density at radius 3 is 2.45 bits per heavy atom. The first-order valence-corrected chi connectivity index (χ1v) is 6.75. The van der Waals surface area contributed by atoms with Crippen molar-refractivity contribution in [2.24, 2.45) is 14.1 Å². The van der Waals surface area contributed by atoms with Crippen LogP contribution in [0.15, 0.2) is 9.59 Å². The normalized spacial score (nSPS) is 13.1. The van der Waals surface area contributed by atoms with E-state index in [1.54, 1.807) is 16.2 Å². The highest BCUT2D eigenvalue weighted by molar-refractivity contribution is 5.71. The first-order valence-electron chi connectivity index (χ1n) is 6.75. The van der Waals surface area contributed by atoms with Crippen molar-refractivity contribution in [2.45, 2.75) is 32.9 Å². The zero-order valence-corrected chi connectivity index (χ0v) is 12.6. The van der Waals surface area contributed by atoms with Crippen LogP contribution in [0.25, 0.3) is 11.2 Å². The van der Waals surface area contributed by atoms with Crippen molar-refractivity contribution < 1.29 is 0 Å². The van der Waals surface area contributed by atoms with E-state index >= 15 is 0 Å². The molecular formula is C13H21N5O2. The molecule has 0 spiro atoms. The third kappa shape index (κ3) is 1.98. The van der Waals surface area contributed by atoms with Crippen molar-refractivity contribution in [3.05, 3.63) is 26.7 Å². The van der Waals surface area contributed by atoms with E-state index in [1.165, 1.54) is 7.05 Å². The number of aryl methyl sites for hydroxylation is 1. The van der Waals surface area contributed by atoms with E-state index in [0.29, 0.717) is 17.7 Å². The molecule has 2 aromatic rings. The molecule has 0 aliphatic carbocycles. The molecule has 2 heterocycles. The Balaban J connectivity index is 2.95. The maximum absolute atomic E-state index is 12.3. The van der Waals surface area contributed by atoms with Gasteiger partial charge in [0.05, 0.1) is 6.54 Å². The molecule has 0 aliphatic rings. The van der Waals surface area contributed by atoms with Crippen LogP contribution in [0.5, 0.6) is 0 Å². The summed E-state index contributed by atoms with van der Waals surface area (Å²) in [4.78, 5) is 29.1. The van der Waals surface area contributed by atoms with Crippen LogP contribution in [0, 0.1) is 0 Å². The maximum Gasteiger partial charge on any atom is 0.332 e. The predicted molar refractivity (Wildman–Crippen MR) is 78.0 cm³/mol. The standard InChI is InChI=1S/C13H21N5O2/c1-6-8(2)18-11-10(12(19)17(5)13(18)20)16(4)9(15-11)7-14-3/h8,14H,6-7H2,1-5H3. The van der Waals surface area contributed by atoms with Crippen molar-refractivity contribution >= 4 is 11.2 Å². The molecule has 0 aliphatic heterocycles. The molecule has 1 unspecified atom stereocenters. The number of nitrogens with zero attached hydrogens (tertiary/aromatic N) is 4. The topological polar surface area (TPSA) is 73.8 Å². The zero-order valence-electron chi connectivity index (χ0n) is 12.6. The van der Waals surface area contributed by atoms with Gasteiger partial charge in [-0.25, -0.2) is 9.78 Å². The average Bonchev–Trinajstić information content (AvgIpc) is 2.74. The van der Waals surface area contributed by atoms with E-state index in [2.05, 4.69) is 10.3 Å². The SMILES string of the molecule is CCC(C)n1c(=O)n(C)c(=O)c2c1nc(CNC)n2C. The highest BCUT2D eigenvalue weighted by Crippen LogP contribution is 2.15. The lowest BCUT2D eigenvalue weighted by Crippen LogP contribution is -2.39. The molecule has 2 rings (SSSR count). The molecule has 7 heteroatoms. The van der Waals surface area contributed by atoms with Crippen LogP contribution in [0.1, 0.15) is 32.1 Å². The summed E-state index contributed by atoms with van der Waals surface area (Å²) in [6, 6.07) is -0.00543. The maximum atomic E-state index is 12.3. The van der Waals surface area contributed by atoms with Gasteiger partial charge in [0.1, 0.15) is 5.82 Å². The Morgan fingerprint density at radius 2 is 1.90 bits per heavy atom. The lowest BCUT2D eigenvalue weighted by atomic mass is 10.2. The monoisotopic (exact) mass is 279 g/mol. The van der Waals surface area contributed by atoms with Gasteiger partial charge in [-0.05, 0) is 20.4 Å². The Morgan fingerprint density at radius 1 is 1.25 bits per heavy atom. The first-order chi connectivity index (χ1) is 9.43. The fraction of sp³-hybridized carbons (Fsp3) is 0.615. The molecule has 0 radical (unpaired) electrons. The van der Waals surface area contributed by atoms with Gasteiger partial charge in [-0.2, -0.15) is 0 Å². The quantitative estimate of drug-likeness (QED) is 0.863. The molecule has 0 aromatic carbocycles. The number of hydrogen-bond acceptors (Lipinski definition) is 4. The molecule has 1 atom stereocenters. The number of nitrogens with one attached hydrogen (secondary N) is 1. The van der Waals surface area contributed by atoms with E-state index in [9.17, 15) is 9.59 Å². The Bertz CT molecular complexity index is 753. The van der Waals surface area contributed by atoms with Crippen molar-refractivity contribution in [1.29, 1.82) is 0 Å². The van der Waals surface area contributed by atoms with E-state index in [4.69, 9.17) is 0 Å². The van der Waals surface area contributed by atoms with Crippen LogP contribution >= 0.6 is 0 Å². The van der Waals surface area contributed by atoms with E-state index < -0.39 is 0 Å². The van der Waals surface area contributed by atoms with Gasteiger partial charge in [-0.1, -0.05) is 6.92 Å². The lowest BCUT2D eigenvalue weighted by Gasteiger charge is -2.14. The summed E-state index contributed by atoms with van der Waals surface area (Å²) in [5.74, 6) is 0.738. The number of imidazole rings is 1. The van der Waals surface area contributed by atoms with Gasteiger partial charge in [0.2, 0.25) is 0 Å². The summed E-state index contributed by atoms with van der Waals surface area (Å²) >= 11 is 0.